The van der Waals surface area contributed by atoms with Crippen molar-refractivity contribution in [3.63, 3.8) is 0 Å². The molecule has 0 unspecified atom stereocenters. The molecule has 1 heterocycles. The summed E-state index contributed by atoms with van der Waals surface area (Å²) in [5, 5.41) is 13.3. The van der Waals surface area contributed by atoms with E-state index in [-0.39, 0.29) is 26.1 Å². The summed E-state index contributed by atoms with van der Waals surface area (Å²) in [6.45, 7) is 2.79. The van der Waals surface area contributed by atoms with Crippen LogP contribution in [0.25, 0.3) is 0 Å². The van der Waals surface area contributed by atoms with Gasteiger partial charge in [0.2, 0.25) is 5.79 Å². The lowest BCUT2D eigenvalue weighted by Gasteiger charge is -2.33. The van der Waals surface area contributed by atoms with E-state index in [4.69, 9.17) is 14.2 Å². The van der Waals surface area contributed by atoms with Crippen LogP contribution in [0.5, 0.6) is 5.75 Å². The van der Waals surface area contributed by atoms with E-state index < -0.39 is 36.8 Å². The smallest absolute Gasteiger partial charge is 0.332 e. The number of hydrogen-bond acceptors (Lipinski definition) is 5. The van der Waals surface area contributed by atoms with E-state index in [1.807, 2.05) is 44.2 Å². The third-order valence-electron chi connectivity index (χ3n) is 6.00. The number of ether oxygens (including phenoxy) is 3. The van der Waals surface area contributed by atoms with Crippen LogP contribution in [-0.4, -0.2) is 49.0 Å². The summed E-state index contributed by atoms with van der Waals surface area (Å²) < 4.78 is 72.5. The zero-order valence-electron chi connectivity index (χ0n) is 20.7. The lowest BCUT2D eigenvalue weighted by molar-refractivity contribution is -0.235. The van der Waals surface area contributed by atoms with E-state index in [2.05, 4.69) is 5.32 Å². The summed E-state index contributed by atoms with van der Waals surface area (Å²) in [4.78, 5) is 0. The molecule has 1 aliphatic heterocycles. The molecule has 0 aromatic heterocycles. The Kier molecular flexibility index (Phi) is 9.74. The second-order valence-electron chi connectivity index (χ2n) is 9.53. The monoisotopic (exact) mass is 513 g/mol. The van der Waals surface area contributed by atoms with Crippen LogP contribution in [0.4, 0.5) is 17.6 Å². The van der Waals surface area contributed by atoms with Crippen LogP contribution < -0.4 is 10.1 Å². The van der Waals surface area contributed by atoms with E-state index in [0.717, 1.165) is 11.1 Å². The molecule has 2 aromatic rings. The molecule has 0 saturated carbocycles. The molecule has 9 heteroatoms. The van der Waals surface area contributed by atoms with Crippen LogP contribution in [0, 0.1) is 0 Å². The normalized spacial score (nSPS) is 16.3. The molecule has 5 nitrogen and oxygen atoms in total. The van der Waals surface area contributed by atoms with Crippen molar-refractivity contribution < 1.29 is 36.9 Å². The maximum absolute atomic E-state index is 14.1. The first-order valence-corrected chi connectivity index (χ1v) is 12.2. The number of halogens is 4. The van der Waals surface area contributed by atoms with Gasteiger partial charge in [-0.15, -0.1) is 0 Å². The van der Waals surface area contributed by atoms with Gasteiger partial charge in [0.25, 0.3) is 0 Å². The van der Waals surface area contributed by atoms with Crippen molar-refractivity contribution in [2.45, 2.75) is 69.9 Å². The molecular weight excluding hydrogens is 478 g/mol. The molecule has 0 fully saturated rings. The van der Waals surface area contributed by atoms with Gasteiger partial charge in [0.15, 0.2) is 0 Å². The summed E-state index contributed by atoms with van der Waals surface area (Å²) in [6.07, 6.45) is -0.952. The third kappa shape index (κ3) is 8.16. The van der Waals surface area contributed by atoms with E-state index in [9.17, 15) is 22.7 Å². The number of aliphatic hydroxyl groups excluding tert-OH is 1. The fourth-order valence-electron chi connectivity index (χ4n) is 3.87. The first-order chi connectivity index (χ1) is 17.0. The summed E-state index contributed by atoms with van der Waals surface area (Å²) in [6, 6.07) is 14.7. The third-order valence-corrected chi connectivity index (χ3v) is 6.00. The van der Waals surface area contributed by atoms with Crippen molar-refractivity contribution in [3.05, 3.63) is 65.2 Å². The molecule has 0 bridgehead atoms. The number of hydrogen-bond donors (Lipinski definition) is 2. The van der Waals surface area contributed by atoms with Gasteiger partial charge in [0.05, 0.1) is 12.7 Å². The largest absolute Gasteiger partial charge is 0.463 e. The van der Waals surface area contributed by atoms with Gasteiger partial charge in [0, 0.05) is 39.0 Å². The van der Waals surface area contributed by atoms with Gasteiger partial charge in [-0.3, -0.25) is 0 Å². The van der Waals surface area contributed by atoms with Crippen molar-refractivity contribution in [1.29, 1.82) is 0 Å². The van der Waals surface area contributed by atoms with Crippen LogP contribution in [0.1, 0.15) is 55.9 Å². The Morgan fingerprint density at radius 3 is 2.56 bits per heavy atom. The van der Waals surface area contributed by atoms with Crippen LogP contribution in [0.15, 0.2) is 48.5 Å². The predicted octanol–water partition coefficient (Wildman–Crippen LogP) is 5.65. The van der Waals surface area contributed by atoms with Crippen LogP contribution in [0.2, 0.25) is 0 Å². The minimum absolute atomic E-state index is 0.0152. The van der Waals surface area contributed by atoms with E-state index in [0.29, 0.717) is 30.8 Å². The highest BCUT2D eigenvalue weighted by atomic mass is 19.3. The van der Waals surface area contributed by atoms with E-state index in [1.165, 1.54) is 0 Å². The fraction of sp³-hybridized carbons (Fsp3) is 0.556. The quantitative estimate of drug-likeness (QED) is 0.252. The zero-order valence-corrected chi connectivity index (χ0v) is 20.7. The lowest BCUT2D eigenvalue weighted by Crippen LogP contribution is -2.44. The van der Waals surface area contributed by atoms with Crippen molar-refractivity contribution in [2.24, 2.45) is 0 Å². The number of aryl methyl sites for hydroxylation is 1. The molecule has 0 amide bonds. The Balaban J connectivity index is 1.33. The lowest BCUT2D eigenvalue weighted by atomic mass is 10.0. The SMILES string of the molecule is CC1(C)OCc2cc([C@@H](O)CNCCCC(F)(F)C(F)(F)COCCCc3ccccc3)ccc2O1. The molecule has 3 rings (SSSR count). The van der Waals surface area contributed by atoms with Crippen LogP contribution >= 0.6 is 0 Å². The number of aliphatic hydroxyl groups is 1. The Morgan fingerprint density at radius 1 is 1.06 bits per heavy atom. The van der Waals surface area contributed by atoms with Crippen molar-refractivity contribution in [3.8, 4) is 5.75 Å². The van der Waals surface area contributed by atoms with Gasteiger partial charge in [-0.05, 0) is 49.1 Å². The number of fused-ring (bicyclic) bond motifs is 1. The first-order valence-electron chi connectivity index (χ1n) is 12.2. The minimum atomic E-state index is -4.25. The highest BCUT2D eigenvalue weighted by molar-refractivity contribution is 5.39. The van der Waals surface area contributed by atoms with Crippen molar-refractivity contribution in [1.82, 2.24) is 5.32 Å². The highest BCUT2D eigenvalue weighted by Crippen LogP contribution is 2.38. The van der Waals surface area contributed by atoms with Gasteiger partial charge in [-0.25, -0.2) is 0 Å². The summed E-state index contributed by atoms with van der Waals surface area (Å²) >= 11 is 0. The Labute approximate surface area is 209 Å². The van der Waals surface area contributed by atoms with Gasteiger partial charge < -0.3 is 24.6 Å². The molecule has 2 aromatic carbocycles. The topological polar surface area (TPSA) is 60.0 Å². The summed E-state index contributed by atoms with van der Waals surface area (Å²) in [7, 11) is 0. The molecule has 200 valence electrons. The Morgan fingerprint density at radius 2 is 1.81 bits per heavy atom. The molecule has 1 aliphatic rings. The summed E-state index contributed by atoms with van der Waals surface area (Å²) in [5.41, 5.74) is 2.46. The molecule has 0 spiro atoms. The van der Waals surface area contributed by atoms with Crippen molar-refractivity contribution >= 4 is 0 Å². The molecular formula is C27H35F4NO4. The number of rotatable bonds is 14. The fourth-order valence-corrected chi connectivity index (χ4v) is 3.87. The predicted molar refractivity (Wildman–Crippen MR) is 128 cm³/mol. The van der Waals surface area contributed by atoms with Crippen molar-refractivity contribution in [2.75, 3.05) is 26.3 Å². The second kappa shape index (κ2) is 12.4. The molecule has 36 heavy (non-hydrogen) atoms. The standard InChI is InChI=1S/C27H35F4NO4/c1-25(2)35-18-22-16-21(11-12-24(22)36-25)23(33)17-32-14-7-13-26(28,29)27(30,31)19-34-15-6-10-20-8-4-3-5-9-20/h3-5,8-9,11-12,16,23,32-33H,6-7,10,13-15,17-19H2,1-2H3/t23-/m0/s1. The minimum Gasteiger partial charge on any atom is -0.463 e. The number of alkyl halides is 4. The number of nitrogens with one attached hydrogen (secondary N) is 1. The Bertz CT molecular complexity index is 956. The van der Waals surface area contributed by atoms with Gasteiger partial charge >= 0.3 is 11.8 Å². The van der Waals surface area contributed by atoms with Crippen LogP contribution in [0.3, 0.4) is 0 Å². The zero-order chi connectivity index (χ0) is 26.2. The van der Waals surface area contributed by atoms with Gasteiger partial charge in [-0.1, -0.05) is 36.4 Å². The summed E-state index contributed by atoms with van der Waals surface area (Å²) in [5.74, 6) is -8.47. The van der Waals surface area contributed by atoms with Crippen LogP contribution in [-0.2, 0) is 22.5 Å². The average molecular weight is 514 g/mol. The molecule has 0 saturated heterocycles. The second-order valence-corrected chi connectivity index (χ2v) is 9.53. The van der Waals surface area contributed by atoms with Gasteiger partial charge in [-0.2, -0.15) is 17.6 Å². The highest BCUT2D eigenvalue weighted by Gasteiger charge is 2.55. The maximum Gasteiger partial charge on any atom is 0.332 e. The molecule has 0 aliphatic carbocycles. The first kappa shape index (κ1) is 28.4. The number of benzene rings is 2. The van der Waals surface area contributed by atoms with Gasteiger partial charge in [0.1, 0.15) is 12.4 Å². The molecule has 1 atom stereocenters. The Hall–Kier alpha value is -2.20. The average Bonchev–Trinajstić information content (AvgIpc) is 2.83. The van der Waals surface area contributed by atoms with E-state index in [1.54, 1.807) is 18.2 Å². The van der Waals surface area contributed by atoms with E-state index >= 15 is 0 Å². The maximum atomic E-state index is 14.1. The molecule has 0 radical (unpaired) electrons. The molecule has 2 N–H and O–H groups in total.